The molecule has 0 aromatic carbocycles. The molecule has 17 heavy (non-hydrogen) atoms. The highest BCUT2D eigenvalue weighted by atomic mass is 16.3. The molecule has 3 heteroatoms. The van der Waals surface area contributed by atoms with Gasteiger partial charge in [-0.3, -0.25) is 4.90 Å². The molecule has 2 atom stereocenters. The summed E-state index contributed by atoms with van der Waals surface area (Å²) in [5.41, 5.74) is -0.557. The van der Waals surface area contributed by atoms with E-state index in [1.54, 1.807) is 0 Å². The second kappa shape index (κ2) is 4.52. The van der Waals surface area contributed by atoms with Crippen molar-refractivity contribution in [3.05, 3.63) is 0 Å². The zero-order chi connectivity index (χ0) is 13.5. The standard InChI is InChI=1S/C14H30N2O/c1-12(2,3)11-14(7,17)10-15-8-9-16(11)13(4,5)6/h11,15,17H,8-10H2,1-7H3. The molecule has 0 bridgehead atoms. The lowest BCUT2D eigenvalue weighted by Gasteiger charge is -2.51. The maximum absolute atomic E-state index is 10.8. The monoisotopic (exact) mass is 242 g/mol. The van der Waals surface area contributed by atoms with Crippen LogP contribution in [0.25, 0.3) is 0 Å². The van der Waals surface area contributed by atoms with Crippen LogP contribution in [0.3, 0.4) is 0 Å². The van der Waals surface area contributed by atoms with Crippen LogP contribution in [0.4, 0.5) is 0 Å². The summed E-state index contributed by atoms with van der Waals surface area (Å²) in [4.78, 5) is 2.45. The number of nitrogens with one attached hydrogen (secondary N) is 1. The van der Waals surface area contributed by atoms with E-state index in [1.165, 1.54) is 0 Å². The van der Waals surface area contributed by atoms with Gasteiger partial charge in [-0.1, -0.05) is 20.8 Å². The molecule has 3 nitrogen and oxygen atoms in total. The molecule has 2 N–H and O–H groups in total. The van der Waals surface area contributed by atoms with Crippen molar-refractivity contribution in [1.29, 1.82) is 0 Å². The van der Waals surface area contributed by atoms with Gasteiger partial charge in [0, 0.05) is 31.2 Å². The Kier molecular flexibility index (Phi) is 3.98. The van der Waals surface area contributed by atoms with Crippen LogP contribution < -0.4 is 5.32 Å². The molecule has 1 saturated heterocycles. The van der Waals surface area contributed by atoms with E-state index in [1.807, 2.05) is 6.92 Å². The summed E-state index contributed by atoms with van der Waals surface area (Å²) in [6.07, 6.45) is 0. The molecule has 2 unspecified atom stereocenters. The van der Waals surface area contributed by atoms with Crippen LogP contribution in [0.2, 0.25) is 0 Å². The summed E-state index contributed by atoms with van der Waals surface area (Å²) >= 11 is 0. The van der Waals surface area contributed by atoms with Gasteiger partial charge in [0.25, 0.3) is 0 Å². The van der Waals surface area contributed by atoms with E-state index in [4.69, 9.17) is 0 Å². The Morgan fingerprint density at radius 3 is 2.12 bits per heavy atom. The summed E-state index contributed by atoms with van der Waals surface area (Å²) < 4.78 is 0. The lowest BCUT2D eigenvalue weighted by atomic mass is 9.74. The van der Waals surface area contributed by atoms with E-state index in [-0.39, 0.29) is 17.0 Å². The Hall–Kier alpha value is -0.120. The van der Waals surface area contributed by atoms with Crippen LogP contribution in [0.1, 0.15) is 48.5 Å². The zero-order valence-electron chi connectivity index (χ0n) is 12.6. The molecule has 0 aromatic heterocycles. The lowest BCUT2D eigenvalue weighted by Crippen LogP contribution is -2.63. The number of hydrogen-bond donors (Lipinski definition) is 2. The molecule has 1 fully saturated rings. The lowest BCUT2D eigenvalue weighted by molar-refractivity contribution is -0.0935. The van der Waals surface area contributed by atoms with Gasteiger partial charge in [-0.2, -0.15) is 0 Å². The van der Waals surface area contributed by atoms with Crippen molar-refractivity contribution in [1.82, 2.24) is 10.2 Å². The van der Waals surface area contributed by atoms with E-state index in [9.17, 15) is 5.11 Å². The van der Waals surface area contributed by atoms with Gasteiger partial charge in [0.15, 0.2) is 0 Å². The maximum atomic E-state index is 10.8. The van der Waals surface area contributed by atoms with Crippen LogP contribution in [-0.4, -0.2) is 46.8 Å². The predicted molar refractivity (Wildman–Crippen MR) is 73.2 cm³/mol. The summed E-state index contributed by atoms with van der Waals surface area (Å²) in [6.45, 7) is 17.9. The molecule has 1 aliphatic heterocycles. The maximum Gasteiger partial charge on any atom is 0.0903 e. The zero-order valence-corrected chi connectivity index (χ0v) is 12.6. The first-order valence-electron chi connectivity index (χ1n) is 6.66. The molecular weight excluding hydrogens is 212 g/mol. The second-order valence-corrected chi connectivity index (χ2v) is 7.67. The Morgan fingerprint density at radius 2 is 1.71 bits per heavy atom. The summed E-state index contributed by atoms with van der Waals surface area (Å²) in [6, 6.07) is 0.157. The third-order valence-corrected chi connectivity index (χ3v) is 3.60. The molecule has 0 spiro atoms. The molecule has 0 aromatic rings. The van der Waals surface area contributed by atoms with Crippen molar-refractivity contribution >= 4 is 0 Å². The van der Waals surface area contributed by atoms with Crippen molar-refractivity contribution in [2.75, 3.05) is 19.6 Å². The Labute approximate surface area is 107 Å². The summed E-state index contributed by atoms with van der Waals surface area (Å²) in [7, 11) is 0. The Morgan fingerprint density at radius 1 is 1.18 bits per heavy atom. The SMILES string of the molecule is CC(C)(C)C1N(C(C)(C)C)CCNCC1(C)O. The highest BCUT2D eigenvalue weighted by molar-refractivity contribution is 5.03. The fraction of sp³-hybridized carbons (Fsp3) is 1.00. The first-order valence-corrected chi connectivity index (χ1v) is 6.66. The minimum atomic E-state index is -0.692. The van der Waals surface area contributed by atoms with Gasteiger partial charge >= 0.3 is 0 Å². The van der Waals surface area contributed by atoms with Crippen LogP contribution in [0, 0.1) is 5.41 Å². The van der Waals surface area contributed by atoms with Gasteiger partial charge in [-0.15, -0.1) is 0 Å². The van der Waals surface area contributed by atoms with Crippen LogP contribution in [0.15, 0.2) is 0 Å². The van der Waals surface area contributed by atoms with E-state index in [0.29, 0.717) is 6.54 Å². The molecule has 0 saturated carbocycles. The van der Waals surface area contributed by atoms with Crippen molar-refractivity contribution in [3.8, 4) is 0 Å². The largest absolute Gasteiger partial charge is 0.387 e. The topological polar surface area (TPSA) is 35.5 Å². The van der Waals surface area contributed by atoms with Crippen molar-refractivity contribution in [2.45, 2.75) is 65.6 Å². The van der Waals surface area contributed by atoms with Crippen LogP contribution in [-0.2, 0) is 0 Å². The Bertz CT molecular complexity index is 260. The van der Waals surface area contributed by atoms with Gasteiger partial charge < -0.3 is 10.4 Å². The molecule has 102 valence electrons. The molecule has 0 aliphatic carbocycles. The first kappa shape index (κ1) is 14.9. The van der Waals surface area contributed by atoms with Gasteiger partial charge in [0.05, 0.1) is 5.60 Å². The van der Waals surface area contributed by atoms with Crippen molar-refractivity contribution in [3.63, 3.8) is 0 Å². The Balaban J connectivity index is 3.16. The molecule has 1 aliphatic rings. The second-order valence-electron chi connectivity index (χ2n) is 7.67. The predicted octanol–water partition coefficient (Wildman–Crippen LogP) is 1.86. The smallest absolute Gasteiger partial charge is 0.0903 e. The van der Waals surface area contributed by atoms with Gasteiger partial charge in [0.1, 0.15) is 0 Å². The minimum Gasteiger partial charge on any atom is -0.387 e. The third kappa shape index (κ3) is 3.43. The minimum absolute atomic E-state index is 0.0583. The number of nitrogens with zero attached hydrogens (tertiary/aromatic N) is 1. The van der Waals surface area contributed by atoms with Crippen LogP contribution in [0.5, 0.6) is 0 Å². The number of β-amino-alcohol motifs (C(OH)–C–C–N with tert-alkyl or cyclic N) is 1. The number of aliphatic hydroxyl groups is 1. The third-order valence-electron chi connectivity index (χ3n) is 3.60. The van der Waals surface area contributed by atoms with E-state index < -0.39 is 5.60 Å². The quantitative estimate of drug-likeness (QED) is 0.680. The van der Waals surface area contributed by atoms with E-state index >= 15 is 0 Å². The fourth-order valence-corrected chi connectivity index (χ4v) is 3.23. The highest BCUT2D eigenvalue weighted by Gasteiger charge is 2.47. The normalized spacial score (nSPS) is 33.5. The molecule has 1 heterocycles. The van der Waals surface area contributed by atoms with Crippen LogP contribution >= 0.6 is 0 Å². The molecular formula is C14H30N2O. The van der Waals surface area contributed by atoms with E-state index in [0.717, 1.165) is 13.1 Å². The average Bonchev–Trinajstić information content (AvgIpc) is 2.20. The average molecular weight is 242 g/mol. The van der Waals surface area contributed by atoms with Gasteiger partial charge in [-0.25, -0.2) is 0 Å². The summed E-state index contributed by atoms with van der Waals surface area (Å²) in [5, 5.41) is 14.1. The molecule has 0 amide bonds. The highest BCUT2D eigenvalue weighted by Crippen LogP contribution is 2.36. The first-order chi connectivity index (χ1) is 7.46. The van der Waals surface area contributed by atoms with Gasteiger partial charge in [-0.05, 0) is 33.1 Å². The molecule has 0 radical (unpaired) electrons. The molecule has 1 rings (SSSR count). The van der Waals surface area contributed by atoms with E-state index in [2.05, 4.69) is 51.8 Å². The van der Waals surface area contributed by atoms with Crippen molar-refractivity contribution in [2.24, 2.45) is 5.41 Å². The van der Waals surface area contributed by atoms with Crippen molar-refractivity contribution < 1.29 is 5.11 Å². The summed E-state index contributed by atoms with van der Waals surface area (Å²) in [5.74, 6) is 0. The number of hydrogen-bond acceptors (Lipinski definition) is 3. The fourth-order valence-electron chi connectivity index (χ4n) is 3.23. The number of rotatable bonds is 0. The van der Waals surface area contributed by atoms with Gasteiger partial charge in [0.2, 0.25) is 0 Å².